The summed E-state index contributed by atoms with van der Waals surface area (Å²) in [5, 5.41) is 15.3. The van der Waals surface area contributed by atoms with Crippen LogP contribution in [0.3, 0.4) is 0 Å². The minimum atomic E-state index is -3.35. The summed E-state index contributed by atoms with van der Waals surface area (Å²) in [6.45, 7) is 29.5. The van der Waals surface area contributed by atoms with Crippen molar-refractivity contribution >= 4 is 198 Å². The van der Waals surface area contributed by atoms with Crippen LogP contribution >= 0.6 is 0 Å². The molecule has 16 aromatic rings. The Morgan fingerprint density at radius 1 is 0.238 bits per heavy atom. The van der Waals surface area contributed by atoms with Gasteiger partial charge in [-0.2, -0.15) is 0 Å². The first-order chi connectivity index (χ1) is 58.6. The lowest BCUT2D eigenvalue weighted by Gasteiger charge is -2.20. The zero-order chi connectivity index (χ0) is 83.4. The Morgan fingerprint density at radius 2 is 0.475 bits per heavy atom. The van der Waals surface area contributed by atoms with E-state index in [0.29, 0.717) is 91.9 Å². The molecule has 12 heterocycles. The molecule has 588 valence electrons. The van der Waals surface area contributed by atoms with Crippen LogP contribution in [-0.2, 0) is 38.8 Å². The van der Waals surface area contributed by atoms with Gasteiger partial charge in [0.05, 0.1) is 0 Å². The van der Waals surface area contributed by atoms with E-state index in [4.69, 9.17) is 67.5 Å². The molecule has 22 heteroatoms. The van der Waals surface area contributed by atoms with Crippen molar-refractivity contribution in [3.05, 3.63) is 307 Å². The number of rotatable bonds is 2. The highest BCUT2D eigenvalue weighted by Crippen LogP contribution is 2.47. The second-order valence-electron chi connectivity index (χ2n) is 36.9. The molecule has 8 aliphatic heterocycles. The molecule has 0 aliphatic carbocycles. The largest absolute Gasteiger partial charge is 0.904 e. The van der Waals surface area contributed by atoms with E-state index in [-0.39, 0.29) is 21.7 Å². The minimum absolute atomic E-state index is 0.120. The van der Waals surface area contributed by atoms with Gasteiger partial charge in [-0.25, -0.2) is 59.9 Å². The highest BCUT2D eigenvalue weighted by atomic mass is 27.2. The Bertz CT molecular complexity index is 7970. The van der Waals surface area contributed by atoms with E-state index in [1.165, 1.54) is 13.8 Å². The molecule has 0 N–H and O–H groups in total. The molecular weight excluding hydrogens is 1540 g/mol. The van der Waals surface area contributed by atoms with Crippen LogP contribution in [0.25, 0.3) is 86.2 Å². The molecule has 0 spiro atoms. The summed E-state index contributed by atoms with van der Waals surface area (Å²) in [7, 11) is 0. The summed E-state index contributed by atoms with van der Waals surface area (Å²) in [6, 6.07) is 76.4. The maximum absolute atomic E-state index is 13.7. The minimum Gasteiger partial charge on any atom is -0.582 e. The van der Waals surface area contributed by atoms with Crippen molar-refractivity contribution in [3.8, 4) is 0 Å². The molecule has 0 atom stereocenters. The number of hydrogen-bond acceptors (Lipinski definition) is 16. The molecule has 122 heavy (non-hydrogen) atoms. The molecule has 12 bridgehead atoms. The fourth-order valence-corrected chi connectivity index (χ4v) is 23.0. The molecule has 24 rings (SSSR count). The number of amidine groups is 8. The Hall–Kier alpha value is -13.6. The molecule has 0 radical (unpaired) electrons. The van der Waals surface area contributed by atoms with Crippen molar-refractivity contribution < 1.29 is 17.2 Å². The van der Waals surface area contributed by atoms with Crippen LogP contribution < -0.4 is 22.0 Å². The van der Waals surface area contributed by atoms with Gasteiger partial charge in [0.25, 0.3) is 11.9 Å². The van der Waals surface area contributed by atoms with Gasteiger partial charge in [0.15, 0.2) is 46.7 Å². The standard InChI is InChI=1S/C48H24N8.C48H48N8.2C2H4O2.2Al/c1-2-10-26-18-34-33(17-25(26)9-1)41-49-42(34)54-44-37-21-29-13-5-6-14-30(29)22-38(37)46(51-44)56-48-40-24-32-16-8-7-15-31(32)23-39(40)47(52-48)55-45-36-20-28-12-4-3-11-27(28)19-35(36)43(50-45)53-41;1-45(2,3)25-13-17-29-33(21-25)41-49-37(29)54-42-35-23-27(47(7,8)9)15-19-31(35)39(51-42)56-44-36-24-28(48(10,11)12)16-20-32(36)40(52-44)55-43-34-22-26(46(4,5)6)14-18-30(34)38(50-43)53-41;2*1-2(3)4;;/h1-24H;13-24H,1-12H3;2*1H3,(H,3,4);;/q2*-2;;;2*+3/p-2. The van der Waals surface area contributed by atoms with E-state index in [2.05, 4.69) is 267 Å². The molecule has 0 saturated carbocycles. The van der Waals surface area contributed by atoms with Crippen LogP contribution in [-0.4, -0.2) is 103 Å². The maximum Gasteiger partial charge on any atom is 0.904 e. The highest BCUT2D eigenvalue weighted by molar-refractivity contribution is 6.54. The van der Waals surface area contributed by atoms with E-state index >= 15 is 0 Å². The Balaban J connectivity index is 0.000000142. The third kappa shape index (κ3) is 11.4. The summed E-state index contributed by atoms with van der Waals surface area (Å²) in [4.78, 5) is 92.6. The van der Waals surface area contributed by atoms with Gasteiger partial charge in [0, 0.05) is 101 Å². The third-order valence-electron chi connectivity index (χ3n) is 24.7. The first-order valence-corrected chi connectivity index (χ1v) is 44.4. The molecule has 8 aliphatic rings. The average Bonchev–Trinajstić information content (AvgIpc) is 1.55. The number of carbonyl (C=O) groups is 2. The van der Waals surface area contributed by atoms with Gasteiger partial charge >= 0.3 is 29.8 Å². The van der Waals surface area contributed by atoms with Crippen molar-refractivity contribution in [3.63, 3.8) is 0 Å². The lowest BCUT2D eigenvalue weighted by molar-refractivity contribution is -0.133. The lowest BCUT2D eigenvalue weighted by Crippen LogP contribution is -2.49. The summed E-state index contributed by atoms with van der Waals surface area (Å²) in [6.07, 6.45) is 0. The summed E-state index contributed by atoms with van der Waals surface area (Å²) in [5.74, 6) is 5.81. The number of nitrogens with zero attached hydrogens (tertiary/aromatic N) is 16. The van der Waals surface area contributed by atoms with Crippen LogP contribution in [0.2, 0.25) is 0 Å². The Kier molecular flexibility index (Phi) is 15.7. The van der Waals surface area contributed by atoms with Crippen molar-refractivity contribution in [1.82, 2.24) is 14.2 Å². The second kappa shape index (κ2) is 26.0. The second-order valence-corrected chi connectivity index (χ2v) is 40.7. The number of hydrogen-bond donors (Lipinski definition) is 0. The number of benzene rings is 12. The highest BCUT2D eigenvalue weighted by Gasteiger charge is 2.49. The molecule has 0 amide bonds. The van der Waals surface area contributed by atoms with E-state index in [1.54, 1.807) is 0 Å². The topological polar surface area (TPSA) is 221 Å². The number of carbonyl (C=O) groups excluding carboxylic acids is 2. The monoisotopic (exact) mass is 1620 g/mol. The van der Waals surface area contributed by atoms with Crippen LogP contribution in [0.5, 0.6) is 0 Å². The number of aromatic nitrogens is 4. The zero-order valence-corrected chi connectivity index (χ0v) is 72.0. The Labute approximate surface area is 709 Å². The van der Waals surface area contributed by atoms with Gasteiger partial charge in [0.2, 0.25) is 0 Å². The zero-order valence-electron chi connectivity index (χ0n) is 69.7. The van der Waals surface area contributed by atoms with Crippen LogP contribution in [0.4, 0.5) is 23.3 Å². The normalized spacial score (nSPS) is 15.2. The van der Waals surface area contributed by atoms with E-state index in [9.17, 15) is 9.59 Å². The van der Waals surface area contributed by atoms with Crippen LogP contribution in [0.15, 0.2) is 278 Å². The molecule has 0 saturated heterocycles. The van der Waals surface area contributed by atoms with Crippen molar-refractivity contribution in [1.29, 1.82) is 0 Å². The van der Waals surface area contributed by atoms with Crippen LogP contribution in [0.1, 0.15) is 164 Å². The van der Waals surface area contributed by atoms with Crippen molar-refractivity contribution in [2.45, 2.75) is 119 Å². The van der Waals surface area contributed by atoms with Gasteiger partial charge in [-0.15, -0.1) is 0 Å². The van der Waals surface area contributed by atoms with Crippen molar-refractivity contribution in [2.75, 3.05) is 0 Å². The molecule has 0 fully saturated rings. The number of aliphatic imine (C=N–C) groups is 8. The average molecular weight is 1620 g/mol. The Morgan fingerprint density at radius 3 is 0.811 bits per heavy atom. The maximum atomic E-state index is 13.7. The molecule has 0 unspecified atom stereocenters. The molecule has 4 aromatic heterocycles. The first-order valence-electron chi connectivity index (χ1n) is 41.4. The quantitative estimate of drug-likeness (QED) is 0.154. The van der Waals surface area contributed by atoms with Gasteiger partial charge in [-0.3, -0.25) is 9.59 Å². The van der Waals surface area contributed by atoms with Gasteiger partial charge < -0.3 is 21.8 Å². The SMILES string of the molecule is CC(=O)[O][Al]1[n]2c3c4cc(C(C)(C)C)ccc4c2N=C2N=C(N=c4c5cc(C(C)(C)C)ccc5c([n]41)=NC1=NC(=N3)c3ccc(C(C)(C)C)cc31)c1ccc(C(C)(C)C)cc12.CC(=O)[O][Al]1[n]2c3c4cc5ccccc5cc4c2N=C2N=C(N=c4c5cc6ccccc6cc5c([n]41)=NC1=NC(=N3)c3cc4ccccc4cc31)c1cc3ccccc3cc12. The fraction of sp³-hybridized carbons (Fsp3) is 0.180. The molecule has 20 nitrogen and oxygen atoms in total. The van der Waals surface area contributed by atoms with E-state index in [0.717, 1.165) is 153 Å². The molecular formula is C100H78Al2N16O4. The lowest BCUT2D eigenvalue weighted by atomic mass is 9.85. The van der Waals surface area contributed by atoms with Gasteiger partial charge in [0.1, 0.15) is 45.2 Å². The van der Waals surface area contributed by atoms with Crippen LogP contribution in [0, 0.1) is 0 Å². The van der Waals surface area contributed by atoms with E-state index < -0.39 is 41.8 Å². The predicted molar refractivity (Wildman–Crippen MR) is 491 cm³/mol. The van der Waals surface area contributed by atoms with Gasteiger partial charge in [-0.1, -0.05) is 229 Å². The summed E-state index contributed by atoms with van der Waals surface area (Å²) < 4.78 is 21.7. The number of fused-ring (bicyclic) bond motifs is 32. The fourth-order valence-electron chi connectivity index (χ4n) is 18.3. The van der Waals surface area contributed by atoms with Gasteiger partial charge in [-0.05, 0) is 160 Å². The summed E-state index contributed by atoms with van der Waals surface area (Å²) in [5.41, 5.74) is 13.5. The predicted octanol–water partition coefficient (Wildman–Crippen LogP) is 18.8. The third-order valence-corrected chi connectivity index (χ3v) is 29.5. The first kappa shape index (κ1) is 73.5. The summed E-state index contributed by atoms with van der Waals surface area (Å²) >= 11 is -6.66. The smallest absolute Gasteiger partial charge is 0.582 e. The van der Waals surface area contributed by atoms with Crippen molar-refractivity contribution in [2.24, 2.45) is 59.9 Å². The van der Waals surface area contributed by atoms with E-state index in [1.807, 2.05) is 48.5 Å². The molecule has 12 aromatic carbocycles.